The van der Waals surface area contributed by atoms with E-state index in [0.29, 0.717) is 0 Å². The molecule has 0 aliphatic heterocycles. The van der Waals surface area contributed by atoms with Crippen molar-refractivity contribution in [2.45, 2.75) is 19.3 Å². The van der Waals surface area contributed by atoms with Gasteiger partial charge in [0, 0.05) is 25.6 Å². The molecule has 0 saturated heterocycles. The molecule has 0 spiro atoms. The van der Waals surface area contributed by atoms with Crippen molar-refractivity contribution in [2.75, 3.05) is 0 Å². The topological polar surface area (TPSA) is 0 Å². The van der Waals surface area contributed by atoms with E-state index in [1.807, 2.05) is 11.3 Å². The van der Waals surface area contributed by atoms with Gasteiger partial charge in [0.2, 0.25) is 0 Å². The Morgan fingerprint density at radius 3 is 1.77 bits per heavy atom. The van der Waals surface area contributed by atoms with Crippen molar-refractivity contribution in [2.24, 2.45) is 0 Å². The number of hydrogen-bond donors (Lipinski definition) is 0. The van der Waals surface area contributed by atoms with Crippen LogP contribution in [0, 0.1) is 0 Å². The van der Waals surface area contributed by atoms with Gasteiger partial charge < -0.3 is 0 Å². The summed E-state index contributed by atoms with van der Waals surface area (Å²) >= 11 is 1.88. The van der Waals surface area contributed by atoms with Crippen molar-refractivity contribution in [3.63, 3.8) is 0 Å². The van der Waals surface area contributed by atoms with Gasteiger partial charge >= 0.3 is 0 Å². The Kier molecular flexibility index (Phi) is 6.27. The predicted octanol–water partition coefficient (Wildman–Crippen LogP) is 14.8. The summed E-state index contributed by atoms with van der Waals surface area (Å²) in [6.07, 6.45) is 0. The molecule has 11 rings (SSSR count). The summed E-state index contributed by atoms with van der Waals surface area (Å²) in [5.74, 6) is 0. The van der Waals surface area contributed by atoms with E-state index in [1.165, 1.54) is 108 Å². The van der Waals surface area contributed by atoms with E-state index in [-0.39, 0.29) is 5.41 Å². The molecular weight excluding hydrogens is 645 g/mol. The molecular formula is C51H34S. The molecule has 0 amide bonds. The maximum Gasteiger partial charge on any atom is 0.0355 e. The van der Waals surface area contributed by atoms with Gasteiger partial charge in [0.15, 0.2) is 0 Å². The molecule has 0 atom stereocenters. The van der Waals surface area contributed by atoms with Crippen LogP contribution in [0.4, 0.5) is 0 Å². The summed E-state index contributed by atoms with van der Waals surface area (Å²) in [6, 6.07) is 63.8. The van der Waals surface area contributed by atoms with Crippen molar-refractivity contribution in [3.8, 4) is 44.5 Å². The lowest BCUT2D eigenvalue weighted by Gasteiger charge is -2.22. The smallest absolute Gasteiger partial charge is 0.0355 e. The van der Waals surface area contributed by atoms with Gasteiger partial charge in [-0.3, -0.25) is 0 Å². The fraction of sp³-hybridized carbons (Fsp3) is 0.0588. The SMILES string of the molecule is CC1(C)c2ccccc2-c2cc(-c3c4ccccc4c(-c4ccc5sc6ccccc6c5c4)c4ccc(-c5ccc6ccccc6c5)cc34)ccc21. The van der Waals surface area contributed by atoms with Crippen LogP contribution in [0.5, 0.6) is 0 Å². The van der Waals surface area contributed by atoms with Crippen LogP contribution in [0.15, 0.2) is 170 Å². The lowest BCUT2D eigenvalue weighted by Crippen LogP contribution is -2.14. The molecule has 0 fully saturated rings. The zero-order chi connectivity index (χ0) is 34.6. The highest BCUT2D eigenvalue weighted by Crippen LogP contribution is 2.52. The Bertz CT molecular complexity index is 3100. The first-order valence-electron chi connectivity index (χ1n) is 18.2. The standard InChI is InChI=1S/C51H34S/c1-51(2)45-17-9-7-13-37(45)42-29-35(22-25-46(42)51)50-40-16-6-5-15-39(40)49(36-23-26-48-43(30-36)38-14-8-10-18-47(38)52-48)41-24-21-34(28-44(41)50)33-20-19-31-11-3-4-12-32(31)27-33/h3-30H,1-2H3. The van der Waals surface area contributed by atoms with Crippen LogP contribution in [0.3, 0.4) is 0 Å². The van der Waals surface area contributed by atoms with Crippen molar-refractivity contribution < 1.29 is 0 Å². The second-order valence-electron chi connectivity index (χ2n) is 14.9. The number of rotatable bonds is 3. The number of benzene rings is 9. The van der Waals surface area contributed by atoms with Gasteiger partial charge in [-0.15, -0.1) is 11.3 Å². The molecule has 0 bridgehead atoms. The molecule has 10 aromatic rings. The molecule has 0 nitrogen and oxygen atoms in total. The van der Waals surface area contributed by atoms with E-state index in [1.54, 1.807) is 0 Å². The minimum absolute atomic E-state index is 0.0355. The van der Waals surface area contributed by atoms with Crippen LogP contribution in [0.2, 0.25) is 0 Å². The summed E-state index contributed by atoms with van der Waals surface area (Å²) in [5, 5.41) is 10.3. The third-order valence-corrected chi connectivity index (χ3v) is 12.8. The third-order valence-electron chi connectivity index (χ3n) is 11.6. The quantitative estimate of drug-likeness (QED) is 0.163. The monoisotopic (exact) mass is 678 g/mol. The van der Waals surface area contributed by atoms with Crippen LogP contribution in [-0.2, 0) is 5.41 Å². The van der Waals surface area contributed by atoms with E-state index in [2.05, 4.69) is 184 Å². The first-order valence-corrected chi connectivity index (χ1v) is 19.0. The van der Waals surface area contributed by atoms with Crippen molar-refractivity contribution in [1.82, 2.24) is 0 Å². The first-order chi connectivity index (χ1) is 25.5. The zero-order valence-electron chi connectivity index (χ0n) is 29.1. The summed E-state index contributed by atoms with van der Waals surface area (Å²) in [5.41, 5.74) is 13.0. The number of fused-ring (bicyclic) bond motifs is 9. The molecule has 244 valence electrons. The van der Waals surface area contributed by atoms with Gasteiger partial charge in [-0.2, -0.15) is 0 Å². The maximum atomic E-state index is 2.47. The van der Waals surface area contributed by atoms with Crippen LogP contribution in [0.1, 0.15) is 25.0 Å². The van der Waals surface area contributed by atoms with Gasteiger partial charge in [-0.25, -0.2) is 0 Å². The molecule has 9 aromatic carbocycles. The zero-order valence-corrected chi connectivity index (χ0v) is 29.9. The van der Waals surface area contributed by atoms with Gasteiger partial charge in [-0.05, 0) is 124 Å². The molecule has 1 aliphatic carbocycles. The highest BCUT2D eigenvalue weighted by Gasteiger charge is 2.35. The summed E-state index contributed by atoms with van der Waals surface area (Å²) in [4.78, 5) is 0. The Morgan fingerprint density at radius 1 is 0.346 bits per heavy atom. The van der Waals surface area contributed by atoms with Gasteiger partial charge in [0.25, 0.3) is 0 Å². The Labute approximate surface area is 307 Å². The van der Waals surface area contributed by atoms with Crippen molar-refractivity contribution >= 4 is 63.8 Å². The molecule has 1 aliphatic rings. The molecule has 0 saturated carbocycles. The first kappa shape index (κ1) is 29.7. The van der Waals surface area contributed by atoms with Crippen molar-refractivity contribution in [3.05, 3.63) is 181 Å². The van der Waals surface area contributed by atoms with Gasteiger partial charge in [0.1, 0.15) is 0 Å². The molecule has 0 N–H and O–H groups in total. The second kappa shape index (κ2) is 11.0. The van der Waals surface area contributed by atoms with E-state index in [9.17, 15) is 0 Å². The minimum Gasteiger partial charge on any atom is -0.135 e. The van der Waals surface area contributed by atoms with Crippen LogP contribution in [-0.4, -0.2) is 0 Å². The largest absolute Gasteiger partial charge is 0.135 e. The average Bonchev–Trinajstić information content (AvgIpc) is 3.67. The lowest BCUT2D eigenvalue weighted by molar-refractivity contribution is 0.660. The molecule has 1 aromatic heterocycles. The van der Waals surface area contributed by atoms with Crippen LogP contribution in [0.25, 0.3) is 97.0 Å². The van der Waals surface area contributed by atoms with Crippen molar-refractivity contribution in [1.29, 1.82) is 0 Å². The lowest BCUT2D eigenvalue weighted by atomic mass is 9.81. The van der Waals surface area contributed by atoms with E-state index in [0.717, 1.165) is 0 Å². The average molecular weight is 679 g/mol. The van der Waals surface area contributed by atoms with E-state index in [4.69, 9.17) is 0 Å². The Hall–Kier alpha value is -6.02. The van der Waals surface area contributed by atoms with Crippen LogP contribution >= 0.6 is 11.3 Å². The number of hydrogen-bond acceptors (Lipinski definition) is 1. The molecule has 1 heteroatoms. The van der Waals surface area contributed by atoms with E-state index < -0.39 is 0 Å². The third kappa shape index (κ3) is 4.27. The summed E-state index contributed by atoms with van der Waals surface area (Å²) in [6.45, 7) is 4.72. The van der Waals surface area contributed by atoms with Crippen LogP contribution < -0.4 is 0 Å². The summed E-state index contributed by atoms with van der Waals surface area (Å²) < 4.78 is 2.66. The molecule has 0 unspecified atom stereocenters. The highest BCUT2D eigenvalue weighted by molar-refractivity contribution is 7.25. The fourth-order valence-corrected chi connectivity index (χ4v) is 10.2. The molecule has 0 radical (unpaired) electrons. The normalized spacial score (nSPS) is 13.3. The predicted molar refractivity (Wildman–Crippen MR) is 226 cm³/mol. The summed E-state index contributed by atoms with van der Waals surface area (Å²) in [7, 11) is 0. The Balaban J connectivity index is 1.23. The van der Waals surface area contributed by atoms with Gasteiger partial charge in [0.05, 0.1) is 0 Å². The highest BCUT2D eigenvalue weighted by atomic mass is 32.1. The Morgan fingerprint density at radius 2 is 0.904 bits per heavy atom. The molecule has 52 heavy (non-hydrogen) atoms. The second-order valence-corrected chi connectivity index (χ2v) is 15.9. The maximum absolute atomic E-state index is 2.47. The molecule has 1 heterocycles. The van der Waals surface area contributed by atoms with Gasteiger partial charge in [-0.1, -0.05) is 147 Å². The number of thiophene rings is 1. The fourth-order valence-electron chi connectivity index (χ4n) is 9.11. The minimum atomic E-state index is -0.0355. The van der Waals surface area contributed by atoms with E-state index >= 15 is 0 Å².